The second kappa shape index (κ2) is 26.9. The Kier molecular flexibility index (Phi) is 21.2. The highest BCUT2D eigenvalue weighted by atomic mass is 32.1. The van der Waals surface area contributed by atoms with Gasteiger partial charge in [-0.3, -0.25) is 4.79 Å². The van der Waals surface area contributed by atoms with Gasteiger partial charge in [0.05, 0.1) is 111 Å². The molecule has 314 valence electrons. The number of anilines is 1. The number of ether oxygens (including phenoxy) is 8. The van der Waals surface area contributed by atoms with Crippen LogP contribution in [-0.4, -0.2) is 140 Å². The summed E-state index contributed by atoms with van der Waals surface area (Å²) >= 11 is 5.40. The number of thiocarbonyl (C=S) groups is 1. The number of aromatic hydroxyl groups is 1. The van der Waals surface area contributed by atoms with E-state index in [-0.39, 0.29) is 27.6 Å². The molecule has 2 aromatic rings. The molecule has 4 rings (SSSR count). The maximum atomic E-state index is 12.5. The van der Waals surface area contributed by atoms with Crippen LogP contribution >= 0.6 is 12.2 Å². The molecule has 58 heavy (non-hydrogen) atoms. The van der Waals surface area contributed by atoms with Crippen LogP contribution in [0.3, 0.4) is 0 Å². The number of aromatic carboxylic acids is 1. The monoisotopic (exact) mass is 827 g/mol. The van der Waals surface area contributed by atoms with E-state index >= 15 is 0 Å². The van der Waals surface area contributed by atoms with E-state index in [1.807, 2.05) is 0 Å². The van der Waals surface area contributed by atoms with Gasteiger partial charge in [-0.15, -0.1) is 0 Å². The average Bonchev–Trinajstić information content (AvgIpc) is 3.21. The lowest BCUT2D eigenvalue weighted by Gasteiger charge is -2.18. The summed E-state index contributed by atoms with van der Waals surface area (Å²) in [6, 6.07) is 13.7. The Bertz CT molecular complexity index is 1940. The van der Waals surface area contributed by atoms with Gasteiger partial charge in [-0.2, -0.15) is 0 Å². The third-order valence-corrected chi connectivity index (χ3v) is 8.24. The van der Waals surface area contributed by atoms with E-state index in [1.165, 1.54) is 30.3 Å². The van der Waals surface area contributed by atoms with E-state index in [0.717, 1.165) is 0 Å². The molecule has 0 unspecified atom stereocenters. The van der Waals surface area contributed by atoms with Crippen LogP contribution in [0, 0.1) is 0 Å². The number of benzene rings is 3. The van der Waals surface area contributed by atoms with Crippen LogP contribution in [0.5, 0.6) is 5.75 Å². The Morgan fingerprint density at radius 3 is 1.79 bits per heavy atom. The van der Waals surface area contributed by atoms with Crippen LogP contribution in [0.25, 0.3) is 43.9 Å². The number of phenolic OH excluding ortho intramolecular Hbond substituents is 1. The van der Waals surface area contributed by atoms with Gasteiger partial charge in [0.2, 0.25) is 0 Å². The molecular formula is C39H49N5O13S. The molecule has 0 radical (unpaired) electrons. The highest BCUT2D eigenvalue weighted by Crippen LogP contribution is 2.42. The first-order valence-corrected chi connectivity index (χ1v) is 19.0. The van der Waals surface area contributed by atoms with Gasteiger partial charge in [0, 0.05) is 52.3 Å². The van der Waals surface area contributed by atoms with Gasteiger partial charge in [-0.25, -0.2) is 4.79 Å². The number of hydrogen-bond acceptors (Lipinski definition) is 14. The van der Waals surface area contributed by atoms with Crippen molar-refractivity contribution in [3.05, 3.63) is 80.8 Å². The maximum absolute atomic E-state index is 12.5. The predicted octanol–water partition coefficient (Wildman–Crippen LogP) is 4.70. The van der Waals surface area contributed by atoms with Crippen molar-refractivity contribution in [1.82, 2.24) is 5.32 Å². The molecule has 0 spiro atoms. The summed E-state index contributed by atoms with van der Waals surface area (Å²) < 4.78 is 49.5. The highest BCUT2D eigenvalue weighted by molar-refractivity contribution is 7.80. The Balaban J connectivity index is 0.993. The third kappa shape index (κ3) is 16.5. The maximum Gasteiger partial charge on any atom is 0.336 e. The van der Waals surface area contributed by atoms with Crippen LogP contribution < -0.4 is 16.1 Å². The van der Waals surface area contributed by atoms with Gasteiger partial charge < -0.3 is 63.2 Å². The number of carboxylic acids is 1. The van der Waals surface area contributed by atoms with Gasteiger partial charge in [-0.1, -0.05) is 11.2 Å². The smallest absolute Gasteiger partial charge is 0.336 e. The molecule has 4 N–H and O–H groups in total. The Hall–Kier alpha value is -4.92. The molecule has 1 aliphatic heterocycles. The summed E-state index contributed by atoms with van der Waals surface area (Å²) in [7, 11) is 0. The van der Waals surface area contributed by atoms with Crippen LogP contribution in [0.1, 0.15) is 10.4 Å². The van der Waals surface area contributed by atoms with Crippen molar-refractivity contribution >= 4 is 40.0 Å². The molecule has 0 atom stereocenters. The number of hydrogen-bond donors (Lipinski definition) is 4. The lowest BCUT2D eigenvalue weighted by Crippen LogP contribution is -2.31. The quantitative estimate of drug-likeness (QED) is 0.0139. The third-order valence-electron chi connectivity index (χ3n) is 7.99. The zero-order chi connectivity index (χ0) is 41.2. The SMILES string of the molecule is [N-]=[N+]=NCCOCCOCCOCCOCCOCCOCCOCCOCCNC(=S)Nc1ccc(-c2c3ccc(=O)cc-3oc3cc(O)ccc23)c(C(=O)O)c1. The van der Waals surface area contributed by atoms with E-state index in [9.17, 15) is 19.8 Å². The number of carbonyl (C=O) groups is 1. The molecule has 1 aliphatic carbocycles. The lowest BCUT2D eigenvalue weighted by molar-refractivity contribution is -0.0228. The Labute approximate surface area is 340 Å². The molecule has 18 nitrogen and oxygen atoms in total. The van der Waals surface area contributed by atoms with E-state index in [0.29, 0.717) is 152 Å². The molecule has 19 heteroatoms. The van der Waals surface area contributed by atoms with Crippen molar-refractivity contribution in [2.24, 2.45) is 5.11 Å². The molecule has 1 heterocycles. The topological polar surface area (TPSA) is 234 Å². The van der Waals surface area contributed by atoms with Gasteiger partial charge in [-0.05, 0) is 59.7 Å². The summed E-state index contributed by atoms with van der Waals surface area (Å²) in [5, 5.41) is 30.5. The van der Waals surface area contributed by atoms with E-state index in [2.05, 4.69) is 20.7 Å². The number of nitrogens with zero attached hydrogens (tertiary/aromatic N) is 3. The number of rotatable bonds is 30. The second-order valence-corrected chi connectivity index (χ2v) is 12.5. The van der Waals surface area contributed by atoms with Crippen molar-refractivity contribution in [2.75, 3.05) is 124 Å². The van der Waals surface area contributed by atoms with Crippen molar-refractivity contribution in [3.63, 3.8) is 0 Å². The molecule has 0 bridgehead atoms. The van der Waals surface area contributed by atoms with Crippen LogP contribution in [0.4, 0.5) is 5.69 Å². The molecular weight excluding hydrogens is 779 g/mol. The molecule has 2 aromatic carbocycles. The van der Waals surface area contributed by atoms with Crippen molar-refractivity contribution < 1.29 is 57.3 Å². The fourth-order valence-corrected chi connectivity index (χ4v) is 5.59. The van der Waals surface area contributed by atoms with Gasteiger partial charge in [0.25, 0.3) is 0 Å². The number of fused-ring (bicyclic) bond motifs is 2. The summed E-state index contributed by atoms with van der Waals surface area (Å²) in [5.74, 6) is -0.924. The predicted molar refractivity (Wildman–Crippen MR) is 218 cm³/mol. The largest absolute Gasteiger partial charge is 0.508 e. The van der Waals surface area contributed by atoms with Crippen LogP contribution in [-0.2, 0) is 37.9 Å². The first-order chi connectivity index (χ1) is 28.4. The number of phenols is 1. The van der Waals surface area contributed by atoms with Gasteiger partial charge >= 0.3 is 5.97 Å². The Morgan fingerprint density at radius 1 is 0.707 bits per heavy atom. The van der Waals surface area contributed by atoms with Crippen molar-refractivity contribution in [3.8, 4) is 28.2 Å². The molecule has 0 amide bonds. The molecule has 0 saturated heterocycles. The minimum Gasteiger partial charge on any atom is -0.508 e. The lowest BCUT2D eigenvalue weighted by atomic mass is 9.90. The van der Waals surface area contributed by atoms with E-state index in [4.69, 9.17) is 60.1 Å². The molecule has 2 aliphatic rings. The molecule has 0 saturated carbocycles. The van der Waals surface area contributed by atoms with Crippen molar-refractivity contribution in [2.45, 2.75) is 0 Å². The molecule has 0 aromatic heterocycles. The summed E-state index contributed by atoms with van der Waals surface area (Å²) in [6.07, 6.45) is 0. The fraction of sp³-hybridized carbons (Fsp3) is 0.462. The van der Waals surface area contributed by atoms with E-state index < -0.39 is 5.97 Å². The number of nitrogens with one attached hydrogen (secondary N) is 2. The molecule has 0 fully saturated rings. The fourth-order valence-electron chi connectivity index (χ4n) is 5.37. The zero-order valence-electron chi connectivity index (χ0n) is 32.1. The Morgan fingerprint density at radius 2 is 1.24 bits per heavy atom. The first-order valence-electron chi connectivity index (χ1n) is 18.6. The minimum absolute atomic E-state index is 0.00286. The van der Waals surface area contributed by atoms with E-state index in [1.54, 1.807) is 24.3 Å². The number of azide groups is 1. The number of carboxylic acid groups (broad SMARTS) is 1. The van der Waals surface area contributed by atoms with Crippen LogP contribution in [0.2, 0.25) is 0 Å². The first kappa shape index (κ1) is 45.8. The second-order valence-electron chi connectivity index (χ2n) is 12.1. The highest BCUT2D eigenvalue weighted by Gasteiger charge is 2.22. The average molecular weight is 828 g/mol. The van der Waals surface area contributed by atoms with Gasteiger partial charge in [0.15, 0.2) is 10.5 Å². The minimum atomic E-state index is -1.16. The zero-order valence-corrected chi connectivity index (χ0v) is 32.9. The summed E-state index contributed by atoms with van der Waals surface area (Å²) in [5.41, 5.74) is 10.2. The van der Waals surface area contributed by atoms with Crippen LogP contribution in [0.15, 0.2) is 68.9 Å². The summed E-state index contributed by atoms with van der Waals surface area (Å²) in [4.78, 5) is 27.2. The van der Waals surface area contributed by atoms with Crippen molar-refractivity contribution in [1.29, 1.82) is 0 Å². The van der Waals surface area contributed by atoms with Gasteiger partial charge in [0.1, 0.15) is 17.1 Å². The normalized spacial score (nSPS) is 11.2. The standard InChI is InChI=1S/C39H49N5O13S/c40-44-42-8-10-50-12-14-52-16-18-54-20-22-56-24-23-55-21-19-53-17-15-51-13-11-49-9-7-41-39(58)43-28-1-4-31(34(25-28)38(47)48)37-32-5-2-29(45)26-35(32)57-36-27-30(46)3-6-33(36)37/h1-6,25-27,45H,7-24H2,(H,47,48)(H2,41,43,58). The summed E-state index contributed by atoms with van der Waals surface area (Å²) in [6.45, 7) is 7.64.